The minimum absolute atomic E-state index is 0.0189. The van der Waals surface area contributed by atoms with Gasteiger partial charge in [-0.25, -0.2) is 0 Å². The van der Waals surface area contributed by atoms with Gasteiger partial charge in [-0.1, -0.05) is 199 Å². The lowest BCUT2D eigenvalue weighted by Crippen LogP contribution is -2.61. The number of para-hydroxylation sites is 2. The van der Waals surface area contributed by atoms with E-state index < -0.39 is 0 Å². The van der Waals surface area contributed by atoms with Gasteiger partial charge in [0.1, 0.15) is 11.2 Å². The molecule has 0 bridgehead atoms. The number of rotatable bonds is 8. The van der Waals surface area contributed by atoms with Gasteiger partial charge in [0.2, 0.25) is 0 Å². The molecule has 0 radical (unpaired) electrons. The van der Waals surface area contributed by atoms with E-state index in [9.17, 15) is 0 Å². The molecule has 0 saturated carbocycles. The van der Waals surface area contributed by atoms with Crippen molar-refractivity contribution in [2.75, 3.05) is 14.7 Å². The first-order valence-electron chi connectivity index (χ1n) is 27.7. The summed E-state index contributed by atoms with van der Waals surface area (Å²) in [5, 5.41) is 2.24. The number of nitrogens with zero attached hydrogens (tertiary/aromatic N) is 3. The molecule has 5 heteroatoms. The van der Waals surface area contributed by atoms with Crippen molar-refractivity contribution in [3.8, 4) is 33.4 Å². The van der Waals surface area contributed by atoms with Crippen LogP contribution in [0.3, 0.4) is 0 Å². The standard InChI is InChI=1S/C74H60BN3O/c1-73(2,3)55-33-37-58(38-34-55)76(57-24-14-9-15-25-57)61-39-40-64-67(48-61)78(60-26-18-23-52(43-60)53-32-42-71-63(44-53)62-27-16-17-28-70(62)79-71)69-47-56(74(4,5)6)46-68-72(69)75(64)65-45-54(50-21-12-8-13-22-50)31-41-66(65)77(68)59-35-29-51(30-36-59)49-19-10-7-11-20-49/h7-48H,1-6H3. The van der Waals surface area contributed by atoms with Gasteiger partial charge in [0.25, 0.3) is 6.71 Å². The average Bonchev–Trinajstić information content (AvgIpc) is 3.91. The molecule has 0 aliphatic carbocycles. The molecule has 0 atom stereocenters. The third kappa shape index (κ3) is 8.40. The van der Waals surface area contributed by atoms with Crippen LogP contribution in [0.2, 0.25) is 0 Å². The second-order valence-electron chi connectivity index (χ2n) is 23.4. The van der Waals surface area contributed by atoms with Crippen molar-refractivity contribution >= 4 is 96.2 Å². The third-order valence-corrected chi connectivity index (χ3v) is 16.3. The van der Waals surface area contributed by atoms with Gasteiger partial charge < -0.3 is 19.1 Å². The van der Waals surface area contributed by atoms with Gasteiger partial charge in [0.15, 0.2) is 0 Å². The predicted octanol–water partition coefficient (Wildman–Crippen LogP) is 18.7. The molecule has 14 rings (SSSR count). The van der Waals surface area contributed by atoms with Gasteiger partial charge in [0, 0.05) is 62.0 Å². The summed E-state index contributed by atoms with van der Waals surface area (Å²) in [5.74, 6) is 0. The highest BCUT2D eigenvalue weighted by atomic mass is 16.3. The highest BCUT2D eigenvalue weighted by Crippen LogP contribution is 2.49. The van der Waals surface area contributed by atoms with Crippen LogP contribution in [0.5, 0.6) is 0 Å². The fourth-order valence-electron chi connectivity index (χ4n) is 12.2. The van der Waals surface area contributed by atoms with Crippen LogP contribution < -0.4 is 31.1 Å². The molecule has 0 N–H and O–H groups in total. The third-order valence-electron chi connectivity index (χ3n) is 16.3. The Kier molecular flexibility index (Phi) is 11.4. The Morgan fingerprint density at radius 2 is 0.861 bits per heavy atom. The Hall–Kier alpha value is -9.32. The van der Waals surface area contributed by atoms with Crippen LogP contribution in [0, 0.1) is 0 Å². The van der Waals surface area contributed by atoms with Gasteiger partial charge >= 0.3 is 0 Å². The number of fused-ring (bicyclic) bond motifs is 7. The topological polar surface area (TPSA) is 22.9 Å². The molecule has 2 aliphatic rings. The fourth-order valence-corrected chi connectivity index (χ4v) is 12.2. The molecule has 2 aliphatic heterocycles. The number of hydrogen-bond acceptors (Lipinski definition) is 4. The lowest BCUT2D eigenvalue weighted by atomic mass is 9.33. The Balaban J connectivity index is 1.04. The van der Waals surface area contributed by atoms with Crippen LogP contribution in [0.1, 0.15) is 52.7 Å². The Bertz CT molecular complexity index is 4270. The van der Waals surface area contributed by atoms with E-state index in [0.29, 0.717) is 0 Å². The normalized spacial score (nSPS) is 12.9. The summed E-state index contributed by atoms with van der Waals surface area (Å²) in [7, 11) is 0. The van der Waals surface area contributed by atoms with Crippen molar-refractivity contribution in [3.63, 3.8) is 0 Å². The van der Waals surface area contributed by atoms with Gasteiger partial charge in [-0.3, -0.25) is 0 Å². The minimum Gasteiger partial charge on any atom is -0.456 e. The maximum atomic E-state index is 6.34. The molecule has 4 nitrogen and oxygen atoms in total. The Labute approximate surface area is 464 Å². The van der Waals surface area contributed by atoms with Crippen LogP contribution in [-0.4, -0.2) is 6.71 Å². The van der Waals surface area contributed by atoms with Crippen molar-refractivity contribution in [2.24, 2.45) is 0 Å². The first-order valence-corrected chi connectivity index (χ1v) is 27.7. The van der Waals surface area contributed by atoms with Crippen molar-refractivity contribution in [2.45, 2.75) is 52.4 Å². The molecule has 0 saturated heterocycles. The van der Waals surface area contributed by atoms with Crippen LogP contribution in [0.25, 0.3) is 55.3 Å². The molecule has 0 amide bonds. The van der Waals surface area contributed by atoms with Crippen molar-refractivity contribution < 1.29 is 4.42 Å². The van der Waals surface area contributed by atoms with E-state index in [-0.39, 0.29) is 17.5 Å². The maximum Gasteiger partial charge on any atom is 0.252 e. The smallest absolute Gasteiger partial charge is 0.252 e. The van der Waals surface area contributed by atoms with Crippen LogP contribution in [0.4, 0.5) is 51.2 Å². The zero-order chi connectivity index (χ0) is 53.6. The fraction of sp³-hybridized carbons (Fsp3) is 0.108. The van der Waals surface area contributed by atoms with Crippen LogP contribution in [0.15, 0.2) is 259 Å². The summed E-state index contributed by atoms with van der Waals surface area (Å²) in [4.78, 5) is 7.54. The second kappa shape index (κ2) is 18.7. The Morgan fingerprint density at radius 3 is 1.56 bits per heavy atom. The van der Waals surface area contributed by atoms with Crippen molar-refractivity contribution in [1.29, 1.82) is 0 Å². The molecule has 3 heterocycles. The van der Waals surface area contributed by atoms with Crippen LogP contribution in [-0.2, 0) is 10.8 Å². The van der Waals surface area contributed by atoms with E-state index in [1.807, 2.05) is 6.07 Å². The highest BCUT2D eigenvalue weighted by molar-refractivity contribution is 7.00. The number of furan rings is 1. The van der Waals surface area contributed by atoms with Gasteiger partial charge in [-0.05, 0) is 169 Å². The monoisotopic (exact) mass is 1020 g/mol. The number of benzene rings is 11. The van der Waals surface area contributed by atoms with Gasteiger partial charge in [-0.15, -0.1) is 0 Å². The lowest BCUT2D eigenvalue weighted by Gasteiger charge is -2.45. The number of anilines is 9. The molecule has 79 heavy (non-hydrogen) atoms. The summed E-state index contributed by atoms with van der Waals surface area (Å²) < 4.78 is 6.34. The van der Waals surface area contributed by atoms with Gasteiger partial charge in [-0.2, -0.15) is 0 Å². The first-order chi connectivity index (χ1) is 38.4. The number of hydrogen-bond donors (Lipinski definition) is 0. The lowest BCUT2D eigenvalue weighted by molar-refractivity contribution is 0.590. The summed E-state index contributed by atoms with van der Waals surface area (Å²) in [5.41, 5.74) is 25.2. The van der Waals surface area contributed by atoms with Crippen LogP contribution >= 0.6 is 0 Å². The summed E-state index contributed by atoms with van der Waals surface area (Å²) in [6, 6.07) is 94.2. The average molecular weight is 1020 g/mol. The zero-order valence-electron chi connectivity index (χ0n) is 45.6. The molecule has 1 aromatic heterocycles. The van der Waals surface area contributed by atoms with E-state index in [2.05, 4.69) is 305 Å². The summed E-state index contributed by atoms with van der Waals surface area (Å²) >= 11 is 0. The Morgan fingerprint density at radius 1 is 0.329 bits per heavy atom. The molecule has 0 unspecified atom stereocenters. The summed E-state index contributed by atoms with van der Waals surface area (Å²) in [6.45, 7) is 13.8. The molecule has 380 valence electrons. The maximum absolute atomic E-state index is 6.34. The van der Waals surface area contributed by atoms with E-state index in [4.69, 9.17) is 4.42 Å². The predicted molar refractivity (Wildman–Crippen MR) is 336 cm³/mol. The molecular weight excluding hydrogens is 958 g/mol. The molecule has 12 aromatic rings. The minimum atomic E-state index is -0.191. The second-order valence-corrected chi connectivity index (χ2v) is 23.4. The van der Waals surface area contributed by atoms with Crippen molar-refractivity contribution in [1.82, 2.24) is 0 Å². The van der Waals surface area contributed by atoms with Gasteiger partial charge in [0.05, 0.1) is 0 Å². The molecule has 11 aromatic carbocycles. The van der Waals surface area contributed by atoms with E-state index in [1.165, 1.54) is 66.8 Å². The van der Waals surface area contributed by atoms with Crippen molar-refractivity contribution in [3.05, 3.63) is 266 Å². The molecule has 0 fully saturated rings. The summed E-state index contributed by atoms with van der Waals surface area (Å²) in [6.07, 6.45) is 0. The highest BCUT2D eigenvalue weighted by Gasteiger charge is 2.44. The molecular formula is C74H60BN3O. The quantitative estimate of drug-likeness (QED) is 0.142. The van der Waals surface area contributed by atoms with E-state index in [1.54, 1.807) is 0 Å². The zero-order valence-corrected chi connectivity index (χ0v) is 45.6. The SMILES string of the molecule is CC(C)(C)c1ccc(N(c2ccccc2)c2ccc3c(c2)N(c2cccc(-c4ccc5oc6ccccc6c5c4)c2)c2cc(C(C)(C)C)cc4c2B3c2cc(-c3ccccc3)ccc2N4c2ccc(-c3ccccc3)cc2)cc1. The van der Waals surface area contributed by atoms with E-state index >= 15 is 0 Å². The largest absolute Gasteiger partial charge is 0.456 e. The molecule has 0 spiro atoms. The first kappa shape index (κ1) is 48.1. The van der Waals surface area contributed by atoms with E-state index in [0.717, 1.165) is 67.2 Å².